The molecule has 0 aliphatic rings. The van der Waals surface area contributed by atoms with Gasteiger partial charge in [-0.2, -0.15) is 0 Å². The molecule has 0 atom stereocenters. The molecule has 0 bridgehead atoms. The molecule has 1 aromatic carbocycles. The Bertz CT molecular complexity index is 573. The van der Waals surface area contributed by atoms with Gasteiger partial charge in [0.2, 0.25) is 0 Å². The number of nitrogens with one attached hydrogen (secondary N) is 1. The van der Waals surface area contributed by atoms with Crippen molar-refractivity contribution in [2.75, 3.05) is 13.7 Å². The summed E-state index contributed by atoms with van der Waals surface area (Å²) in [5, 5.41) is 3.15. The van der Waals surface area contributed by atoms with Crippen LogP contribution >= 0.6 is 0 Å². The zero-order valence-corrected chi connectivity index (χ0v) is 12.5. The fourth-order valence-electron chi connectivity index (χ4n) is 2.19. The highest BCUT2D eigenvalue weighted by molar-refractivity contribution is 5.58. The van der Waals surface area contributed by atoms with Gasteiger partial charge in [-0.25, -0.2) is 9.97 Å². The standard InChI is InChI=1S/C16H21N3O/c1-5-20-14-8-6-7-13(9-14)16-18-11(2)15(10-17-4)12(3)19-16/h6-9,17H,5,10H2,1-4H3. The van der Waals surface area contributed by atoms with Crippen molar-refractivity contribution in [2.45, 2.75) is 27.3 Å². The predicted molar refractivity (Wildman–Crippen MR) is 80.9 cm³/mol. The molecule has 20 heavy (non-hydrogen) atoms. The summed E-state index contributed by atoms with van der Waals surface area (Å²) < 4.78 is 5.53. The first-order valence-electron chi connectivity index (χ1n) is 6.87. The van der Waals surface area contributed by atoms with E-state index in [0.717, 1.165) is 40.6 Å². The molecule has 106 valence electrons. The quantitative estimate of drug-likeness (QED) is 0.908. The number of rotatable bonds is 5. The van der Waals surface area contributed by atoms with Crippen LogP contribution in [0.25, 0.3) is 11.4 Å². The average Bonchev–Trinajstić information content (AvgIpc) is 2.43. The highest BCUT2D eigenvalue weighted by Gasteiger charge is 2.10. The summed E-state index contributed by atoms with van der Waals surface area (Å²) in [6, 6.07) is 7.90. The van der Waals surface area contributed by atoms with E-state index in [1.807, 2.05) is 52.1 Å². The third kappa shape index (κ3) is 3.14. The third-order valence-electron chi connectivity index (χ3n) is 3.18. The predicted octanol–water partition coefficient (Wildman–Crippen LogP) is 2.88. The Morgan fingerprint density at radius 1 is 1.15 bits per heavy atom. The van der Waals surface area contributed by atoms with Crippen LogP contribution in [0.3, 0.4) is 0 Å². The molecule has 0 spiro atoms. The molecule has 0 aliphatic heterocycles. The maximum Gasteiger partial charge on any atom is 0.159 e. The highest BCUT2D eigenvalue weighted by Crippen LogP contribution is 2.23. The second-order valence-electron chi connectivity index (χ2n) is 4.69. The summed E-state index contributed by atoms with van der Waals surface area (Å²) >= 11 is 0. The molecule has 1 aromatic heterocycles. The van der Waals surface area contributed by atoms with Crippen molar-refractivity contribution in [1.82, 2.24) is 15.3 Å². The van der Waals surface area contributed by atoms with E-state index in [0.29, 0.717) is 6.61 Å². The van der Waals surface area contributed by atoms with Crippen molar-refractivity contribution < 1.29 is 4.74 Å². The molecular formula is C16H21N3O. The molecule has 1 N–H and O–H groups in total. The van der Waals surface area contributed by atoms with Crippen LogP contribution in [0, 0.1) is 13.8 Å². The Hall–Kier alpha value is -1.94. The van der Waals surface area contributed by atoms with Crippen LogP contribution in [0.4, 0.5) is 0 Å². The molecule has 0 saturated heterocycles. The smallest absolute Gasteiger partial charge is 0.159 e. The first-order chi connectivity index (χ1) is 9.65. The lowest BCUT2D eigenvalue weighted by Crippen LogP contribution is -2.11. The number of nitrogens with zero attached hydrogens (tertiary/aromatic N) is 2. The fraction of sp³-hybridized carbons (Fsp3) is 0.375. The van der Waals surface area contributed by atoms with Crippen molar-refractivity contribution >= 4 is 0 Å². The number of hydrogen-bond donors (Lipinski definition) is 1. The van der Waals surface area contributed by atoms with Gasteiger partial charge in [-0.05, 0) is 40.0 Å². The van der Waals surface area contributed by atoms with Gasteiger partial charge in [0.05, 0.1) is 6.61 Å². The van der Waals surface area contributed by atoms with Crippen LogP contribution in [-0.2, 0) is 6.54 Å². The maximum atomic E-state index is 5.53. The largest absolute Gasteiger partial charge is 0.494 e. The van der Waals surface area contributed by atoms with Crippen LogP contribution in [0.5, 0.6) is 5.75 Å². The van der Waals surface area contributed by atoms with Crippen LogP contribution in [0.2, 0.25) is 0 Å². The number of ether oxygens (including phenoxy) is 1. The van der Waals surface area contributed by atoms with Gasteiger partial charge >= 0.3 is 0 Å². The summed E-state index contributed by atoms with van der Waals surface area (Å²) in [5.74, 6) is 1.60. The van der Waals surface area contributed by atoms with Gasteiger partial charge in [0, 0.05) is 29.1 Å². The summed E-state index contributed by atoms with van der Waals surface area (Å²) in [6.07, 6.45) is 0. The molecule has 4 nitrogen and oxygen atoms in total. The van der Waals surface area contributed by atoms with Crippen LogP contribution in [0.1, 0.15) is 23.9 Å². The van der Waals surface area contributed by atoms with Crippen molar-refractivity contribution in [3.63, 3.8) is 0 Å². The SMILES string of the molecule is CCOc1cccc(-c2nc(C)c(CNC)c(C)n2)c1. The van der Waals surface area contributed by atoms with E-state index < -0.39 is 0 Å². The Kier molecular flexibility index (Phi) is 4.69. The molecule has 2 aromatic rings. The molecule has 0 fully saturated rings. The van der Waals surface area contributed by atoms with Crippen LogP contribution < -0.4 is 10.1 Å². The first kappa shape index (κ1) is 14.5. The summed E-state index contributed by atoms with van der Waals surface area (Å²) in [4.78, 5) is 9.23. The topological polar surface area (TPSA) is 47.0 Å². The minimum Gasteiger partial charge on any atom is -0.494 e. The second-order valence-corrected chi connectivity index (χ2v) is 4.69. The van der Waals surface area contributed by atoms with E-state index >= 15 is 0 Å². The maximum absolute atomic E-state index is 5.53. The Morgan fingerprint density at radius 2 is 1.85 bits per heavy atom. The molecule has 0 radical (unpaired) electrons. The molecular weight excluding hydrogens is 250 g/mol. The second kappa shape index (κ2) is 6.48. The minimum atomic E-state index is 0.656. The van der Waals surface area contributed by atoms with Gasteiger partial charge in [0.25, 0.3) is 0 Å². The molecule has 4 heteroatoms. The number of aromatic nitrogens is 2. The van der Waals surface area contributed by atoms with Crippen LogP contribution in [0.15, 0.2) is 24.3 Å². The number of hydrogen-bond acceptors (Lipinski definition) is 4. The average molecular weight is 271 g/mol. The molecule has 1 heterocycles. The Balaban J connectivity index is 2.40. The summed E-state index contributed by atoms with van der Waals surface area (Å²) in [5.41, 5.74) is 4.18. The molecule has 0 aliphatic carbocycles. The summed E-state index contributed by atoms with van der Waals surface area (Å²) in [7, 11) is 1.93. The van der Waals surface area contributed by atoms with E-state index in [2.05, 4.69) is 15.3 Å². The Labute approximate surface area is 120 Å². The van der Waals surface area contributed by atoms with Gasteiger partial charge in [-0.1, -0.05) is 12.1 Å². The van der Waals surface area contributed by atoms with Gasteiger partial charge in [-0.15, -0.1) is 0 Å². The zero-order valence-electron chi connectivity index (χ0n) is 12.5. The van der Waals surface area contributed by atoms with Crippen LogP contribution in [-0.4, -0.2) is 23.6 Å². The van der Waals surface area contributed by atoms with Crippen molar-refractivity contribution in [3.05, 3.63) is 41.2 Å². The zero-order chi connectivity index (χ0) is 14.5. The fourth-order valence-corrected chi connectivity index (χ4v) is 2.19. The van der Waals surface area contributed by atoms with E-state index in [4.69, 9.17) is 4.74 Å². The van der Waals surface area contributed by atoms with Gasteiger partial charge in [0.15, 0.2) is 5.82 Å². The van der Waals surface area contributed by atoms with Crippen molar-refractivity contribution in [2.24, 2.45) is 0 Å². The molecule has 0 amide bonds. The lowest BCUT2D eigenvalue weighted by Gasteiger charge is -2.11. The lowest BCUT2D eigenvalue weighted by molar-refractivity contribution is 0.340. The molecule has 0 saturated carbocycles. The molecule has 0 unspecified atom stereocenters. The minimum absolute atomic E-state index is 0.656. The van der Waals surface area contributed by atoms with E-state index in [1.165, 1.54) is 0 Å². The van der Waals surface area contributed by atoms with E-state index in [9.17, 15) is 0 Å². The van der Waals surface area contributed by atoms with Crippen molar-refractivity contribution in [1.29, 1.82) is 0 Å². The van der Waals surface area contributed by atoms with E-state index in [-0.39, 0.29) is 0 Å². The summed E-state index contributed by atoms with van der Waals surface area (Å²) in [6.45, 7) is 7.47. The van der Waals surface area contributed by atoms with E-state index in [1.54, 1.807) is 0 Å². The highest BCUT2D eigenvalue weighted by atomic mass is 16.5. The first-order valence-corrected chi connectivity index (χ1v) is 6.87. The van der Waals surface area contributed by atoms with Gasteiger partial charge in [0.1, 0.15) is 5.75 Å². The number of aryl methyl sites for hydroxylation is 2. The van der Waals surface area contributed by atoms with Gasteiger partial charge in [-0.3, -0.25) is 0 Å². The monoisotopic (exact) mass is 271 g/mol. The number of benzene rings is 1. The molecule has 2 rings (SSSR count). The lowest BCUT2D eigenvalue weighted by atomic mass is 10.1. The van der Waals surface area contributed by atoms with Crippen molar-refractivity contribution in [3.8, 4) is 17.1 Å². The van der Waals surface area contributed by atoms with Gasteiger partial charge < -0.3 is 10.1 Å². The Morgan fingerprint density at radius 3 is 2.45 bits per heavy atom. The normalized spacial score (nSPS) is 10.6. The third-order valence-corrected chi connectivity index (χ3v) is 3.18.